The largest absolute Gasteiger partial charge is 0.328 e. The summed E-state index contributed by atoms with van der Waals surface area (Å²) in [6.45, 7) is 2.10. The molecule has 28 heavy (non-hydrogen) atoms. The molecule has 0 amide bonds. The summed E-state index contributed by atoms with van der Waals surface area (Å²) in [7, 11) is 0. The Bertz CT molecular complexity index is 1120. The number of nitrogens with one attached hydrogen (secondary N) is 1. The van der Waals surface area contributed by atoms with Gasteiger partial charge in [-0.25, -0.2) is 4.68 Å². The van der Waals surface area contributed by atoms with E-state index < -0.39 is 0 Å². The minimum atomic E-state index is -0.354. The number of aryl methyl sites for hydroxylation is 1. The van der Waals surface area contributed by atoms with Crippen molar-refractivity contribution < 1.29 is 4.79 Å². The van der Waals surface area contributed by atoms with E-state index in [2.05, 4.69) is 34.5 Å². The van der Waals surface area contributed by atoms with Gasteiger partial charge in [0, 0.05) is 28.3 Å². The highest BCUT2D eigenvalue weighted by molar-refractivity contribution is 6.31. The molecule has 1 aliphatic heterocycles. The molecule has 1 aromatic heterocycles. The molecule has 6 heteroatoms. The average molecular weight is 391 g/mol. The summed E-state index contributed by atoms with van der Waals surface area (Å²) in [5.74, 6) is 0.927. The third-order valence-electron chi connectivity index (χ3n) is 5.69. The number of ketones is 1. The van der Waals surface area contributed by atoms with E-state index in [-0.39, 0.29) is 17.7 Å². The van der Waals surface area contributed by atoms with Gasteiger partial charge >= 0.3 is 0 Å². The first-order valence-corrected chi connectivity index (χ1v) is 9.74. The molecule has 0 saturated carbocycles. The van der Waals surface area contributed by atoms with Crippen molar-refractivity contribution in [3.05, 3.63) is 87.8 Å². The molecule has 0 radical (unpaired) electrons. The van der Waals surface area contributed by atoms with Crippen LogP contribution in [0.4, 0.5) is 5.95 Å². The summed E-state index contributed by atoms with van der Waals surface area (Å²) >= 11 is 6.50. The van der Waals surface area contributed by atoms with Crippen LogP contribution in [0.3, 0.4) is 0 Å². The predicted octanol–water partition coefficient (Wildman–Crippen LogP) is 4.66. The predicted molar refractivity (Wildman–Crippen MR) is 108 cm³/mol. The number of aromatic nitrogens is 3. The third-order valence-corrected chi connectivity index (χ3v) is 6.03. The van der Waals surface area contributed by atoms with Gasteiger partial charge in [-0.15, -0.1) is 0 Å². The third kappa shape index (κ3) is 2.66. The van der Waals surface area contributed by atoms with Crippen molar-refractivity contribution in [2.45, 2.75) is 31.7 Å². The molecule has 2 atom stereocenters. The van der Waals surface area contributed by atoms with Crippen molar-refractivity contribution in [1.29, 1.82) is 0 Å². The van der Waals surface area contributed by atoms with Crippen LogP contribution in [0.2, 0.25) is 5.02 Å². The Kier molecular flexibility index (Phi) is 4.05. The van der Waals surface area contributed by atoms with Crippen LogP contribution < -0.4 is 5.32 Å². The Morgan fingerprint density at radius 1 is 1.07 bits per heavy atom. The molecule has 2 heterocycles. The highest BCUT2D eigenvalue weighted by Gasteiger charge is 2.40. The highest BCUT2D eigenvalue weighted by Crippen LogP contribution is 2.45. The van der Waals surface area contributed by atoms with E-state index in [0.717, 1.165) is 23.3 Å². The first-order chi connectivity index (χ1) is 13.6. The molecule has 1 N–H and O–H groups in total. The summed E-state index contributed by atoms with van der Waals surface area (Å²) in [6.07, 6.45) is 2.75. The lowest BCUT2D eigenvalue weighted by atomic mass is 9.77. The van der Waals surface area contributed by atoms with Crippen LogP contribution in [0, 0.1) is 6.92 Å². The molecule has 0 unspecified atom stereocenters. The van der Waals surface area contributed by atoms with E-state index in [1.54, 1.807) is 4.68 Å². The number of fused-ring (bicyclic) bond motifs is 1. The van der Waals surface area contributed by atoms with Gasteiger partial charge in [0.2, 0.25) is 5.95 Å². The molecular weight excluding hydrogens is 372 g/mol. The van der Waals surface area contributed by atoms with Gasteiger partial charge in [-0.1, -0.05) is 54.1 Å². The maximum atomic E-state index is 13.3. The van der Waals surface area contributed by atoms with Crippen molar-refractivity contribution in [1.82, 2.24) is 14.8 Å². The van der Waals surface area contributed by atoms with E-state index in [0.29, 0.717) is 17.4 Å². The summed E-state index contributed by atoms with van der Waals surface area (Å²) in [5, 5.41) is 8.35. The first kappa shape index (κ1) is 17.2. The van der Waals surface area contributed by atoms with Crippen LogP contribution in [-0.4, -0.2) is 20.5 Å². The van der Waals surface area contributed by atoms with Gasteiger partial charge in [0.05, 0.1) is 0 Å². The summed E-state index contributed by atoms with van der Waals surface area (Å²) < 4.78 is 1.76. The molecular formula is C22H19ClN4O. The van der Waals surface area contributed by atoms with E-state index in [1.807, 2.05) is 36.4 Å². The number of hydrogen-bond donors (Lipinski definition) is 1. The summed E-state index contributed by atoms with van der Waals surface area (Å²) in [4.78, 5) is 17.7. The van der Waals surface area contributed by atoms with Crippen LogP contribution in [0.5, 0.6) is 0 Å². The van der Waals surface area contributed by atoms with Gasteiger partial charge in [-0.2, -0.15) is 10.1 Å². The van der Waals surface area contributed by atoms with E-state index in [1.165, 1.54) is 17.5 Å². The maximum absolute atomic E-state index is 13.3. The number of carbonyl (C=O) groups is 1. The molecule has 5 nitrogen and oxygen atoms in total. The number of rotatable bonds is 2. The van der Waals surface area contributed by atoms with Gasteiger partial charge in [0.1, 0.15) is 12.4 Å². The lowest BCUT2D eigenvalue weighted by Gasteiger charge is -2.35. The normalized spacial score (nSPS) is 21.1. The van der Waals surface area contributed by atoms with E-state index in [4.69, 9.17) is 11.6 Å². The Morgan fingerprint density at radius 2 is 1.82 bits per heavy atom. The second kappa shape index (κ2) is 6.60. The Morgan fingerprint density at radius 3 is 2.61 bits per heavy atom. The molecule has 0 bridgehead atoms. The standard InChI is InChI=1S/C22H19ClN4O/c1-13-6-2-3-7-15(13)14-10-18-20(19(28)11-14)21(16-8-4-5-9-17(16)23)27-22(26-18)24-12-25-27/h2-9,12,14,21H,10-11H2,1H3,(H,24,25,26)/t14-,21+/m1/s1. The number of Topliss-reactive ketones (excluding diaryl/α,β-unsaturated/α-hetero) is 1. The molecule has 2 aromatic carbocycles. The van der Waals surface area contributed by atoms with Gasteiger partial charge in [-0.3, -0.25) is 4.79 Å². The van der Waals surface area contributed by atoms with Crippen LogP contribution in [-0.2, 0) is 4.79 Å². The number of anilines is 1. The SMILES string of the molecule is Cc1ccccc1[C@H]1CC(=O)C2=C(C1)Nc1ncnn1[C@H]2c1ccccc1Cl. The van der Waals surface area contributed by atoms with Crippen molar-refractivity contribution in [2.24, 2.45) is 0 Å². The van der Waals surface area contributed by atoms with Crippen molar-refractivity contribution in [3.63, 3.8) is 0 Å². The maximum Gasteiger partial charge on any atom is 0.226 e. The van der Waals surface area contributed by atoms with Gasteiger partial charge < -0.3 is 5.32 Å². The molecule has 3 aromatic rings. The van der Waals surface area contributed by atoms with Crippen LogP contribution in [0.1, 0.15) is 41.5 Å². The molecule has 140 valence electrons. The van der Waals surface area contributed by atoms with E-state index >= 15 is 0 Å². The number of halogens is 1. The Hall–Kier alpha value is -2.92. The topological polar surface area (TPSA) is 59.8 Å². The molecule has 2 aliphatic rings. The fourth-order valence-electron chi connectivity index (χ4n) is 4.40. The summed E-state index contributed by atoms with van der Waals surface area (Å²) in [5.41, 5.74) is 4.98. The fourth-order valence-corrected chi connectivity index (χ4v) is 4.64. The lowest BCUT2D eigenvalue weighted by molar-refractivity contribution is -0.116. The van der Waals surface area contributed by atoms with Crippen LogP contribution in [0.15, 0.2) is 66.1 Å². The second-order valence-corrected chi connectivity index (χ2v) is 7.76. The Balaban J connectivity index is 1.63. The quantitative estimate of drug-likeness (QED) is 0.691. The lowest BCUT2D eigenvalue weighted by Crippen LogP contribution is -2.33. The number of carbonyl (C=O) groups excluding carboxylic acids is 1. The van der Waals surface area contributed by atoms with Crippen LogP contribution >= 0.6 is 11.6 Å². The van der Waals surface area contributed by atoms with Crippen molar-refractivity contribution >= 4 is 23.3 Å². The number of allylic oxidation sites excluding steroid dienone is 2. The number of benzene rings is 2. The number of nitrogens with zero attached hydrogens (tertiary/aromatic N) is 3. The van der Waals surface area contributed by atoms with Crippen LogP contribution in [0.25, 0.3) is 0 Å². The van der Waals surface area contributed by atoms with Gasteiger partial charge in [-0.05, 0) is 36.5 Å². The zero-order chi connectivity index (χ0) is 19.3. The molecule has 0 saturated heterocycles. The molecule has 5 rings (SSSR count). The highest BCUT2D eigenvalue weighted by atomic mass is 35.5. The van der Waals surface area contributed by atoms with Gasteiger partial charge in [0.15, 0.2) is 5.78 Å². The zero-order valence-corrected chi connectivity index (χ0v) is 16.1. The van der Waals surface area contributed by atoms with Crippen molar-refractivity contribution in [2.75, 3.05) is 5.32 Å². The fraction of sp³-hybridized carbons (Fsp3) is 0.227. The zero-order valence-electron chi connectivity index (χ0n) is 15.4. The average Bonchev–Trinajstić information content (AvgIpc) is 3.15. The second-order valence-electron chi connectivity index (χ2n) is 7.35. The molecule has 1 aliphatic carbocycles. The minimum Gasteiger partial charge on any atom is -0.328 e. The van der Waals surface area contributed by atoms with Gasteiger partial charge in [0.25, 0.3) is 0 Å². The minimum absolute atomic E-state index is 0.132. The molecule has 0 spiro atoms. The van der Waals surface area contributed by atoms with E-state index in [9.17, 15) is 4.79 Å². The smallest absolute Gasteiger partial charge is 0.226 e. The summed E-state index contributed by atoms with van der Waals surface area (Å²) in [6, 6.07) is 15.6. The monoisotopic (exact) mass is 390 g/mol. The number of hydrogen-bond acceptors (Lipinski definition) is 4. The first-order valence-electron chi connectivity index (χ1n) is 9.36. The Labute approximate surface area is 168 Å². The van der Waals surface area contributed by atoms with Crippen molar-refractivity contribution in [3.8, 4) is 0 Å². The molecule has 0 fully saturated rings.